The van der Waals surface area contributed by atoms with E-state index in [-0.39, 0.29) is 0 Å². The predicted octanol–water partition coefficient (Wildman–Crippen LogP) is 3.54. The van der Waals surface area contributed by atoms with Gasteiger partial charge in [0.1, 0.15) is 0 Å². The summed E-state index contributed by atoms with van der Waals surface area (Å²) in [5, 5.41) is 4.25. The molecule has 0 bridgehead atoms. The van der Waals surface area contributed by atoms with E-state index < -0.39 is 0 Å². The summed E-state index contributed by atoms with van der Waals surface area (Å²) in [7, 11) is 0. The van der Waals surface area contributed by atoms with Gasteiger partial charge >= 0.3 is 0 Å². The Hall–Kier alpha value is -0.940. The van der Waals surface area contributed by atoms with Crippen LogP contribution in [0.4, 0.5) is 5.69 Å². The van der Waals surface area contributed by atoms with E-state index in [1.807, 2.05) is 29.1 Å². The molecule has 0 saturated heterocycles. The second kappa shape index (κ2) is 5.60. The van der Waals surface area contributed by atoms with Crippen LogP contribution in [0.5, 0.6) is 0 Å². The first-order valence-electron chi connectivity index (χ1n) is 5.38. The van der Waals surface area contributed by atoms with Crippen LogP contribution in [-0.4, -0.2) is 9.78 Å². The summed E-state index contributed by atoms with van der Waals surface area (Å²) in [6, 6.07) is 5.92. The third-order valence-electron chi connectivity index (χ3n) is 2.38. The van der Waals surface area contributed by atoms with E-state index in [0.717, 1.165) is 27.4 Å². The average Bonchev–Trinajstić information content (AvgIpc) is 2.78. The molecule has 0 aliphatic heterocycles. The van der Waals surface area contributed by atoms with Crippen LogP contribution in [-0.2, 0) is 12.3 Å². The molecule has 0 fully saturated rings. The summed E-state index contributed by atoms with van der Waals surface area (Å²) in [6.45, 7) is 2.99. The van der Waals surface area contributed by atoms with Crippen LogP contribution in [0.1, 0.15) is 12.5 Å². The van der Waals surface area contributed by atoms with Crippen LogP contribution in [0, 0.1) is 0 Å². The number of hydrogen-bond acceptors (Lipinski definition) is 3. The van der Waals surface area contributed by atoms with Crippen molar-refractivity contribution in [3.63, 3.8) is 0 Å². The van der Waals surface area contributed by atoms with Crippen molar-refractivity contribution in [1.82, 2.24) is 9.78 Å². The van der Waals surface area contributed by atoms with Gasteiger partial charge in [0, 0.05) is 39.1 Å². The number of hydrogen-bond donors (Lipinski definition) is 1. The molecule has 0 radical (unpaired) electrons. The van der Waals surface area contributed by atoms with E-state index >= 15 is 0 Å². The van der Waals surface area contributed by atoms with Crippen LogP contribution in [0.2, 0.25) is 0 Å². The number of nitrogens with zero attached hydrogens (tertiary/aromatic N) is 2. The Kier molecular flexibility index (Phi) is 4.12. The van der Waals surface area contributed by atoms with Gasteiger partial charge in [-0.25, -0.2) is 0 Å². The minimum atomic E-state index is 0.820. The highest BCUT2D eigenvalue weighted by molar-refractivity contribution is 9.10. The maximum Gasteiger partial charge on any atom is 0.0530 e. The van der Waals surface area contributed by atoms with E-state index in [2.05, 4.69) is 34.1 Å². The fraction of sp³-hybridized carbons (Fsp3) is 0.250. The lowest BCUT2D eigenvalue weighted by molar-refractivity contribution is 0.659. The molecule has 1 heterocycles. The molecule has 1 aromatic heterocycles. The first-order valence-corrected chi connectivity index (χ1v) is 7.16. The van der Waals surface area contributed by atoms with Gasteiger partial charge in [-0.05, 0) is 25.1 Å². The van der Waals surface area contributed by atoms with Crippen LogP contribution in [0.25, 0.3) is 0 Å². The quantitative estimate of drug-likeness (QED) is 0.694. The van der Waals surface area contributed by atoms with Gasteiger partial charge in [0.2, 0.25) is 0 Å². The zero-order chi connectivity index (χ0) is 12.3. The van der Waals surface area contributed by atoms with Crippen molar-refractivity contribution in [1.29, 1.82) is 0 Å². The van der Waals surface area contributed by atoms with Gasteiger partial charge in [-0.15, -0.1) is 11.8 Å². The monoisotopic (exact) mass is 311 g/mol. The average molecular weight is 312 g/mol. The Balaban J connectivity index is 2.04. The van der Waals surface area contributed by atoms with Gasteiger partial charge in [-0.1, -0.05) is 15.9 Å². The van der Waals surface area contributed by atoms with Crippen LogP contribution in [0.3, 0.4) is 0 Å². The topological polar surface area (TPSA) is 43.8 Å². The van der Waals surface area contributed by atoms with Gasteiger partial charge in [0.05, 0.1) is 6.20 Å². The van der Waals surface area contributed by atoms with Crippen molar-refractivity contribution < 1.29 is 0 Å². The number of rotatable bonds is 4. The molecule has 0 aliphatic rings. The molecule has 2 aromatic rings. The number of halogens is 1. The minimum Gasteiger partial charge on any atom is -0.398 e. The van der Waals surface area contributed by atoms with Gasteiger partial charge in [0.15, 0.2) is 0 Å². The van der Waals surface area contributed by atoms with Crippen molar-refractivity contribution in [2.45, 2.75) is 24.1 Å². The summed E-state index contributed by atoms with van der Waals surface area (Å²) < 4.78 is 2.98. The van der Waals surface area contributed by atoms with E-state index in [0.29, 0.717) is 0 Å². The number of nitrogen functional groups attached to an aromatic ring is 1. The molecule has 0 spiro atoms. The zero-order valence-corrected chi connectivity index (χ0v) is 12.0. The molecule has 0 saturated carbocycles. The summed E-state index contributed by atoms with van der Waals surface area (Å²) in [4.78, 5) is 1.10. The van der Waals surface area contributed by atoms with Gasteiger partial charge in [-0.3, -0.25) is 4.68 Å². The summed E-state index contributed by atoms with van der Waals surface area (Å²) >= 11 is 5.18. The first-order chi connectivity index (χ1) is 8.19. The standard InChI is InChI=1S/C12H14BrN3S/c1-2-16-7-9(6-15-16)8-17-12-5-10(13)3-4-11(12)14/h3-7H,2,8,14H2,1H3. The maximum absolute atomic E-state index is 5.92. The molecule has 0 unspecified atom stereocenters. The lowest BCUT2D eigenvalue weighted by Crippen LogP contribution is -1.92. The second-order valence-corrected chi connectivity index (χ2v) is 5.61. The zero-order valence-electron chi connectivity index (χ0n) is 9.56. The highest BCUT2D eigenvalue weighted by Crippen LogP contribution is 2.30. The molecule has 5 heteroatoms. The first kappa shape index (κ1) is 12.5. The predicted molar refractivity (Wildman–Crippen MR) is 76.0 cm³/mol. The number of anilines is 1. The van der Waals surface area contributed by atoms with Crippen LogP contribution in [0.15, 0.2) is 40.0 Å². The fourth-order valence-corrected chi connectivity index (χ4v) is 2.88. The molecule has 0 amide bonds. The molecular formula is C12H14BrN3S. The highest BCUT2D eigenvalue weighted by Gasteiger charge is 2.03. The van der Waals surface area contributed by atoms with Crippen molar-refractivity contribution in [3.05, 3.63) is 40.6 Å². The van der Waals surface area contributed by atoms with Crippen molar-refractivity contribution in [3.8, 4) is 0 Å². The summed E-state index contributed by atoms with van der Waals surface area (Å²) in [5.41, 5.74) is 7.96. The van der Waals surface area contributed by atoms with Gasteiger partial charge in [-0.2, -0.15) is 5.10 Å². The summed E-state index contributed by atoms with van der Waals surface area (Å²) in [6.07, 6.45) is 3.98. The molecule has 3 nitrogen and oxygen atoms in total. The third kappa shape index (κ3) is 3.26. The van der Waals surface area contributed by atoms with Crippen molar-refractivity contribution in [2.75, 3.05) is 5.73 Å². The Morgan fingerprint density at radius 3 is 3.00 bits per heavy atom. The Morgan fingerprint density at radius 2 is 2.29 bits per heavy atom. The lowest BCUT2D eigenvalue weighted by Gasteiger charge is -2.04. The molecule has 0 aliphatic carbocycles. The highest BCUT2D eigenvalue weighted by atomic mass is 79.9. The number of thioether (sulfide) groups is 1. The second-order valence-electron chi connectivity index (χ2n) is 3.68. The van der Waals surface area contributed by atoms with Gasteiger partial charge < -0.3 is 5.73 Å². The Bertz CT molecular complexity index is 510. The molecule has 17 heavy (non-hydrogen) atoms. The molecule has 2 rings (SSSR count). The largest absolute Gasteiger partial charge is 0.398 e. The lowest BCUT2D eigenvalue weighted by atomic mass is 10.3. The number of aryl methyl sites for hydroxylation is 1. The maximum atomic E-state index is 5.92. The Labute approximate surface area is 114 Å². The summed E-state index contributed by atoms with van der Waals surface area (Å²) in [5.74, 6) is 0.890. The minimum absolute atomic E-state index is 0.820. The van der Waals surface area contributed by atoms with Crippen LogP contribution >= 0.6 is 27.7 Å². The number of aromatic nitrogens is 2. The third-order valence-corrected chi connectivity index (χ3v) is 4.02. The molecule has 2 N–H and O–H groups in total. The van der Waals surface area contributed by atoms with E-state index in [9.17, 15) is 0 Å². The van der Waals surface area contributed by atoms with E-state index in [1.165, 1.54) is 5.56 Å². The molecule has 90 valence electrons. The number of benzene rings is 1. The normalized spacial score (nSPS) is 10.7. The van der Waals surface area contributed by atoms with Crippen molar-refractivity contribution in [2.24, 2.45) is 0 Å². The molecule has 0 atom stereocenters. The van der Waals surface area contributed by atoms with E-state index in [4.69, 9.17) is 5.73 Å². The number of nitrogens with two attached hydrogens (primary N) is 1. The smallest absolute Gasteiger partial charge is 0.0530 e. The van der Waals surface area contributed by atoms with Crippen LogP contribution < -0.4 is 5.73 Å². The van der Waals surface area contributed by atoms with Crippen molar-refractivity contribution >= 4 is 33.4 Å². The Morgan fingerprint density at radius 1 is 1.47 bits per heavy atom. The molecular weight excluding hydrogens is 298 g/mol. The van der Waals surface area contributed by atoms with E-state index in [1.54, 1.807) is 11.8 Å². The fourth-order valence-electron chi connectivity index (χ4n) is 1.45. The SMILES string of the molecule is CCn1cc(CSc2cc(Br)ccc2N)cn1. The van der Waals surface area contributed by atoms with Gasteiger partial charge in [0.25, 0.3) is 0 Å². The molecule has 1 aromatic carbocycles.